The third kappa shape index (κ3) is 3.17. The summed E-state index contributed by atoms with van der Waals surface area (Å²) in [6.07, 6.45) is 1.36. The summed E-state index contributed by atoms with van der Waals surface area (Å²) in [5.74, 6) is -0.747. The molecule has 0 aliphatic heterocycles. The van der Waals surface area contributed by atoms with Gasteiger partial charge in [-0.25, -0.2) is 9.48 Å². The number of ether oxygens (including phenoxy) is 1. The molecule has 0 fully saturated rings. The first-order valence-corrected chi connectivity index (χ1v) is 5.75. The normalized spacial score (nSPS) is 10.2. The standard InChI is InChI=1S/C12H10ClN3O3/c1-19-12(18)10-6-16(15-14-10)7-11(17)8-2-4-9(13)5-3-8/h2-6H,7H2,1H3. The summed E-state index contributed by atoms with van der Waals surface area (Å²) in [6.45, 7) is -0.00831. The van der Waals surface area contributed by atoms with E-state index in [1.165, 1.54) is 18.0 Å². The smallest absolute Gasteiger partial charge is 0.360 e. The van der Waals surface area contributed by atoms with E-state index in [4.69, 9.17) is 11.6 Å². The van der Waals surface area contributed by atoms with Crippen LogP contribution in [0.4, 0.5) is 0 Å². The van der Waals surface area contributed by atoms with Gasteiger partial charge in [0.1, 0.15) is 6.54 Å². The molecule has 2 aromatic rings. The average Bonchev–Trinajstić information content (AvgIpc) is 2.87. The molecule has 0 amide bonds. The first kappa shape index (κ1) is 13.2. The molecule has 0 saturated carbocycles. The van der Waals surface area contributed by atoms with Gasteiger partial charge in [-0.2, -0.15) is 0 Å². The lowest BCUT2D eigenvalue weighted by molar-refractivity contribution is 0.0593. The molecule has 6 nitrogen and oxygen atoms in total. The number of rotatable bonds is 4. The van der Waals surface area contributed by atoms with Crippen molar-refractivity contribution in [2.45, 2.75) is 6.54 Å². The van der Waals surface area contributed by atoms with E-state index in [2.05, 4.69) is 15.0 Å². The summed E-state index contributed by atoms with van der Waals surface area (Å²) in [6, 6.07) is 6.53. The second kappa shape index (κ2) is 5.62. The summed E-state index contributed by atoms with van der Waals surface area (Å²) >= 11 is 5.74. The van der Waals surface area contributed by atoms with Crippen molar-refractivity contribution in [2.75, 3.05) is 7.11 Å². The molecule has 0 N–H and O–H groups in total. The Morgan fingerprint density at radius 2 is 2.00 bits per heavy atom. The molecule has 1 aromatic heterocycles. The second-order valence-corrected chi connectivity index (χ2v) is 4.16. The van der Waals surface area contributed by atoms with Crippen molar-refractivity contribution in [3.05, 3.63) is 46.7 Å². The molecule has 1 heterocycles. The van der Waals surface area contributed by atoms with E-state index < -0.39 is 5.97 Å². The number of carbonyl (C=O) groups is 2. The number of halogens is 1. The first-order chi connectivity index (χ1) is 9.10. The molecular formula is C12H10ClN3O3. The van der Waals surface area contributed by atoms with Crippen LogP contribution in [0, 0.1) is 0 Å². The number of methoxy groups -OCH3 is 1. The Labute approximate surface area is 113 Å². The molecule has 0 unspecified atom stereocenters. The van der Waals surface area contributed by atoms with Crippen molar-refractivity contribution in [1.82, 2.24) is 15.0 Å². The minimum absolute atomic E-state index is 0.00831. The monoisotopic (exact) mass is 279 g/mol. The Hall–Kier alpha value is -2.21. The maximum atomic E-state index is 11.9. The highest BCUT2D eigenvalue weighted by molar-refractivity contribution is 6.30. The second-order valence-electron chi connectivity index (χ2n) is 3.72. The molecule has 19 heavy (non-hydrogen) atoms. The fraction of sp³-hybridized carbons (Fsp3) is 0.167. The van der Waals surface area contributed by atoms with Crippen LogP contribution in [-0.4, -0.2) is 33.9 Å². The third-order valence-corrected chi connectivity index (χ3v) is 2.66. The zero-order valence-corrected chi connectivity index (χ0v) is 10.8. The quantitative estimate of drug-likeness (QED) is 0.628. The van der Waals surface area contributed by atoms with Gasteiger partial charge in [0, 0.05) is 10.6 Å². The lowest BCUT2D eigenvalue weighted by Crippen LogP contribution is -2.11. The van der Waals surface area contributed by atoms with Gasteiger partial charge in [0.25, 0.3) is 0 Å². The van der Waals surface area contributed by atoms with Crippen molar-refractivity contribution in [1.29, 1.82) is 0 Å². The van der Waals surface area contributed by atoms with E-state index in [-0.39, 0.29) is 18.0 Å². The summed E-state index contributed by atoms with van der Waals surface area (Å²) in [5.41, 5.74) is 0.575. The molecule has 0 saturated heterocycles. The van der Waals surface area contributed by atoms with Gasteiger partial charge in [0.05, 0.1) is 13.3 Å². The third-order valence-electron chi connectivity index (χ3n) is 2.40. The van der Waals surface area contributed by atoms with Crippen LogP contribution in [0.1, 0.15) is 20.8 Å². The van der Waals surface area contributed by atoms with E-state index in [0.29, 0.717) is 10.6 Å². The minimum Gasteiger partial charge on any atom is -0.464 e. The Kier molecular flexibility index (Phi) is 3.91. The fourth-order valence-electron chi connectivity index (χ4n) is 1.45. The largest absolute Gasteiger partial charge is 0.464 e. The molecule has 2 rings (SSSR count). The molecule has 98 valence electrons. The number of ketones is 1. The minimum atomic E-state index is -0.592. The molecule has 0 radical (unpaired) electrons. The lowest BCUT2D eigenvalue weighted by atomic mass is 10.1. The van der Waals surface area contributed by atoms with Gasteiger partial charge in [-0.15, -0.1) is 5.10 Å². The van der Waals surface area contributed by atoms with E-state index in [9.17, 15) is 9.59 Å². The maximum absolute atomic E-state index is 11.9. The molecule has 7 heteroatoms. The number of benzene rings is 1. The number of carbonyl (C=O) groups excluding carboxylic acids is 2. The summed E-state index contributed by atoms with van der Waals surface area (Å²) in [5, 5.41) is 7.86. The lowest BCUT2D eigenvalue weighted by Gasteiger charge is -2.00. The fourth-order valence-corrected chi connectivity index (χ4v) is 1.57. The summed E-state index contributed by atoms with van der Waals surface area (Å²) in [4.78, 5) is 23.1. The van der Waals surface area contributed by atoms with Crippen LogP contribution in [0.15, 0.2) is 30.5 Å². The van der Waals surface area contributed by atoms with Crippen molar-refractivity contribution in [3.63, 3.8) is 0 Å². The number of nitrogens with zero attached hydrogens (tertiary/aromatic N) is 3. The number of hydrogen-bond acceptors (Lipinski definition) is 5. The zero-order chi connectivity index (χ0) is 13.8. The average molecular weight is 280 g/mol. The highest BCUT2D eigenvalue weighted by atomic mass is 35.5. The first-order valence-electron chi connectivity index (χ1n) is 5.37. The highest BCUT2D eigenvalue weighted by Gasteiger charge is 2.13. The predicted molar refractivity (Wildman–Crippen MR) is 67.1 cm³/mol. The van der Waals surface area contributed by atoms with Gasteiger partial charge in [-0.3, -0.25) is 4.79 Å². The summed E-state index contributed by atoms with van der Waals surface area (Å²) in [7, 11) is 1.25. The molecular weight excluding hydrogens is 270 g/mol. The molecule has 0 aliphatic rings. The summed E-state index contributed by atoms with van der Waals surface area (Å²) < 4.78 is 5.78. The Morgan fingerprint density at radius 3 is 2.63 bits per heavy atom. The van der Waals surface area contributed by atoms with Crippen LogP contribution in [0.25, 0.3) is 0 Å². The Morgan fingerprint density at radius 1 is 1.32 bits per heavy atom. The number of aromatic nitrogens is 3. The van der Waals surface area contributed by atoms with Gasteiger partial charge >= 0.3 is 5.97 Å². The van der Waals surface area contributed by atoms with E-state index in [1.54, 1.807) is 24.3 Å². The van der Waals surface area contributed by atoms with E-state index in [0.717, 1.165) is 0 Å². The predicted octanol–water partition coefficient (Wildman–Crippen LogP) is 1.60. The molecule has 0 bridgehead atoms. The SMILES string of the molecule is COC(=O)c1cn(CC(=O)c2ccc(Cl)cc2)nn1. The van der Waals surface area contributed by atoms with Crippen LogP contribution in [0.5, 0.6) is 0 Å². The molecule has 1 aromatic carbocycles. The molecule has 0 atom stereocenters. The maximum Gasteiger partial charge on any atom is 0.360 e. The van der Waals surface area contributed by atoms with Crippen LogP contribution in [0.2, 0.25) is 5.02 Å². The van der Waals surface area contributed by atoms with Gasteiger partial charge in [-0.1, -0.05) is 16.8 Å². The van der Waals surface area contributed by atoms with Crippen molar-refractivity contribution in [3.8, 4) is 0 Å². The number of esters is 1. The highest BCUT2D eigenvalue weighted by Crippen LogP contribution is 2.10. The van der Waals surface area contributed by atoms with Crippen LogP contribution in [-0.2, 0) is 11.3 Å². The van der Waals surface area contributed by atoms with E-state index in [1.807, 2.05) is 0 Å². The van der Waals surface area contributed by atoms with E-state index >= 15 is 0 Å². The van der Waals surface area contributed by atoms with Crippen LogP contribution in [0.3, 0.4) is 0 Å². The molecule has 0 aliphatic carbocycles. The Balaban J connectivity index is 2.08. The number of hydrogen-bond donors (Lipinski definition) is 0. The van der Waals surface area contributed by atoms with Crippen LogP contribution >= 0.6 is 11.6 Å². The topological polar surface area (TPSA) is 74.1 Å². The zero-order valence-electron chi connectivity index (χ0n) is 10.0. The Bertz CT molecular complexity index is 607. The van der Waals surface area contributed by atoms with Gasteiger partial charge in [0.2, 0.25) is 0 Å². The molecule has 0 spiro atoms. The van der Waals surface area contributed by atoms with Crippen LogP contribution < -0.4 is 0 Å². The van der Waals surface area contributed by atoms with Gasteiger partial charge < -0.3 is 4.74 Å². The number of Topliss-reactive ketones (excluding diaryl/α,β-unsaturated/α-hetero) is 1. The van der Waals surface area contributed by atoms with Crippen molar-refractivity contribution < 1.29 is 14.3 Å². The van der Waals surface area contributed by atoms with Crippen molar-refractivity contribution >= 4 is 23.4 Å². The van der Waals surface area contributed by atoms with Crippen molar-refractivity contribution in [2.24, 2.45) is 0 Å². The van der Waals surface area contributed by atoms with Gasteiger partial charge in [0.15, 0.2) is 11.5 Å². The van der Waals surface area contributed by atoms with Gasteiger partial charge in [-0.05, 0) is 24.3 Å².